The first-order valence-electron chi connectivity index (χ1n) is 6.09. The molecule has 1 aliphatic heterocycles. The predicted octanol–water partition coefficient (Wildman–Crippen LogP) is 1.92. The van der Waals surface area contributed by atoms with E-state index >= 15 is 0 Å². The van der Waals surface area contributed by atoms with Gasteiger partial charge in [0.15, 0.2) is 0 Å². The van der Waals surface area contributed by atoms with Crippen LogP contribution in [0.3, 0.4) is 0 Å². The molecule has 16 heavy (non-hydrogen) atoms. The molecular weight excluding hydrogens is 202 g/mol. The molecule has 0 N–H and O–H groups in total. The van der Waals surface area contributed by atoms with E-state index in [9.17, 15) is 9.59 Å². The molecule has 0 aromatic carbocycles. The van der Waals surface area contributed by atoms with E-state index in [0.29, 0.717) is 11.7 Å². The number of carbonyl (C=O) groups excluding carboxylic acids is 2. The quantitative estimate of drug-likeness (QED) is 0.622. The van der Waals surface area contributed by atoms with Crippen molar-refractivity contribution >= 4 is 17.4 Å². The molecule has 3 unspecified atom stereocenters. The summed E-state index contributed by atoms with van der Waals surface area (Å²) in [6.07, 6.45) is 8.60. The zero-order valence-corrected chi connectivity index (χ0v) is 9.19. The van der Waals surface area contributed by atoms with Crippen molar-refractivity contribution in [3.63, 3.8) is 0 Å². The molecule has 1 heterocycles. The first-order chi connectivity index (χ1) is 7.75. The van der Waals surface area contributed by atoms with Gasteiger partial charge in [0, 0.05) is 17.7 Å². The monoisotopic (exact) mass is 217 g/mol. The average molecular weight is 217 g/mol. The SMILES string of the molecule is O=C1C=CC2C(=O)C3CCCCC3CC2=N1. The van der Waals surface area contributed by atoms with Gasteiger partial charge < -0.3 is 0 Å². The van der Waals surface area contributed by atoms with Crippen LogP contribution in [0.1, 0.15) is 32.1 Å². The van der Waals surface area contributed by atoms with E-state index in [-0.39, 0.29) is 17.7 Å². The van der Waals surface area contributed by atoms with Gasteiger partial charge in [0.1, 0.15) is 5.78 Å². The largest absolute Gasteiger partial charge is 0.298 e. The van der Waals surface area contributed by atoms with Crippen LogP contribution in [0.4, 0.5) is 0 Å². The Bertz CT molecular complexity index is 408. The molecule has 1 amide bonds. The lowest BCUT2D eigenvalue weighted by Gasteiger charge is -2.38. The molecule has 2 saturated carbocycles. The maximum atomic E-state index is 12.3. The number of dihydropyridines is 1. The summed E-state index contributed by atoms with van der Waals surface area (Å²) in [7, 11) is 0. The van der Waals surface area contributed by atoms with Gasteiger partial charge in [0.25, 0.3) is 5.91 Å². The van der Waals surface area contributed by atoms with E-state index in [4.69, 9.17) is 0 Å². The van der Waals surface area contributed by atoms with Gasteiger partial charge in [-0.15, -0.1) is 0 Å². The van der Waals surface area contributed by atoms with E-state index in [1.54, 1.807) is 6.08 Å². The Morgan fingerprint density at radius 2 is 2.00 bits per heavy atom. The topological polar surface area (TPSA) is 46.5 Å². The number of ketones is 1. The normalized spacial score (nSPS) is 37.8. The zero-order valence-electron chi connectivity index (χ0n) is 9.19. The number of carbonyl (C=O) groups is 2. The lowest BCUT2D eigenvalue weighted by atomic mass is 9.65. The second-order valence-electron chi connectivity index (χ2n) is 5.04. The minimum Gasteiger partial charge on any atom is -0.298 e. The Labute approximate surface area is 94.6 Å². The summed E-state index contributed by atoms with van der Waals surface area (Å²) < 4.78 is 0. The second kappa shape index (κ2) is 3.65. The third kappa shape index (κ3) is 1.46. The third-order valence-electron chi connectivity index (χ3n) is 4.10. The number of rotatable bonds is 0. The molecular formula is C13H15NO2. The summed E-state index contributed by atoms with van der Waals surface area (Å²) in [6.45, 7) is 0. The Morgan fingerprint density at radius 1 is 1.19 bits per heavy atom. The van der Waals surface area contributed by atoms with Crippen molar-refractivity contribution in [2.24, 2.45) is 22.7 Å². The number of fused-ring (bicyclic) bond motifs is 2. The summed E-state index contributed by atoms with van der Waals surface area (Å²) in [5.74, 6) is 0.606. The van der Waals surface area contributed by atoms with Crippen molar-refractivity contribution in [2.45, 2.75) is 32.1 Å². The molecule has 0 saturated heterocycles. The molecule has 3 nitrogen and oxygen atoms in total. The molecule has 0 spiro atoms. The summed E-state index contributed by atoms with van der Waals surface area (Å²) in [6, 6.07) is 0. The van der Waals surface area contributed by atoms with Crippen LogP contribution in [0.2, 0.25) is 0 Å². The number of aliphatic imine (C=N–C) groups is 1. The van der Waals surface area contributed by atoms with Gasteiger partial charge in [0.05, 0.1) is 5.92 Å². The first-order valence-corrected chi connectivity index (χ1v) is 6.09. The molecule has 0 radical (unpaired) electrons. The van der Waals surface area contributed by atoms with Gasteiger partial charge >= 0.3 is 0 Å². The van der Waals surface area contributed by atoms with Gasteiger partial charge in [-0.25, -0.2) is 4.99 Å². The minimum absolute atomic E-state index is 0.183. The Kier molecular flexibility index (Phi) is 2.27. The number of Topliss-reactive ketones (excluding diaryl/α,β-unsaturated/α-hetero) is 1. The van der Waals surface area contributed by atoms with Crippen molar-refractivity contribution in [1.82, 2.24) is 0 Å². The Morgan fingerprint density at radius 3 is 2.88 bits per heavy atom. The van der Waals surface area contributed by atoms with Crippen LogP contribution >= 0.6 is 0 Å². The number of amides is 1. The van der Waals surface area contributed by atoms with E-state index < -0.39 is 0 Å². The minimum atomic E-state index is -0.201. The molecule has 3 aliphatic rings. The number of hydrogen-bond acceptors (Lipinski definition) is 2. The maximum absolute atomic E-state index is 12.3. The molecule has 0 aromatic rings. The van der Waals surface area contributed by atoms with Crippen molar-refractivity contribution < 1.29 is 9.59 Å². The molecule has 0 aromatic heterocycles. The van der Waals surface area contributed by atoms with E-state index in [1.807, 2.05) is 0 Å². The highest BCUT2D eigenvalue weighted by Gasteiger charge is 2.42. The van der Waals surface area contributed by atoms with Gasteiger partial charge in [-0.2, -0.15) is 0 Å². The van der Waals surface area contributed by atoms with Crippen LogP contribution in [0, 0.1) is 17.8 Å². The van der Waals surface area contributed by atoms with Gasteiger partial charge in [-0.3, -0.25) is 9.59 Å². The maximum Gasteiger partial charge on any atom is 0.269 e. The van der Waals surface area contributed by atoms with Gasteiger partial charge in [-0.05, 0) is 25.2 Å². The summed E-state index contributed by atoms with van der Waals surface area (Å²) >= 11 is 0. The van der Waals surface area contributed by atoms with Crippen LogP contribution < -0.4 is 0 Å². The summed E-state index contributed by atoms with van der Waals surface area (Å²) in [5.41, 5.74) is 0.820. The number of nitrogens with zero attached hydrogens (tertiary/aromatic N) is 1. The fourth-order valence-corrected chi connectivity index (χ4v) is 3.30. The van der Waals surface area contributed by atoms with Crippen molar-refractivity contribution in [2.75, 3.05) is 0 Å². The van der Waals surface area contributed by atoms with Crippen LogP contribution in [-0.4, -0.2) is 17.4 Å². The van der Waals surface area contributed by atoms with E-state index in [0.717, 1.165) is 25.0 Å². The number of allylic oxidation sites excluding steroid dienone is 1. The van der Waals surface area contributed by atoms with Crippen LogP contribution in [0.15, 0.2) is 17.1 Å². The third-order valence-corrected chi connectivity index (χ3v) is 4.10. The Balaban J connectivity index is 1.92. The molecule has 3 rings (SSSR count). The van der Waals surface area contributed by atoms with E-state index in [1.165, 1.54) is 18.9 Å². The highest BCUT2D eigenvalue weighted by molar-refractivity contribution is 6.16. The van der Waals surface area contributed by atoms with Gasteiger partial charge in [-0.1, -0.05) is 18.9 Å². The van der Waals surface area contributed by atoms with Crippen LogP contribution in [-0.2, 0) is 9.59 Å². The van der Waals surface area contributed by atoms with Gasteiger partial charge in [0.2, 0.25) is 0 Å². The van der Waals surface area contributed by atoms with Crippen LogP contribution in [0.5, 0.6) is 0 Å². The van der Waals surface area contributed by atoms with Crippen molar-refractivity contribution in [3.8, 4) is 0 Å². The predicted molar refractivity (Wildman–Crippen MR) is 60.1 cm³/mol. The van der Waals surface area contributed by atoms with Crippen molar-refractivity contribution in [1.29, 1.82) is 0 Å². The fourth-order valence-electron chi connectivity index (χ4n) is 3.30. The second-order valence-corrected chi connectivity index (χ2v) is 5.04. The summed E-state index contributed by atoms with van der Waals surface area (Å²) in [4.78, 5) is 27.5. The standard InChI is InChI=1S/C13H15NO2/c15-12-6-5-10-11(14-12)7-8-3-1-2-4-9(8)13(10)16/h5-6,8-10H,1-4,7H2. The van der Waals surface area contributed by atoms with Crippen molar-refractivity contribution in [3.05, 3.63) is 12.2 Å². The molecule has 0 bridgehead atoms. The highest BCUT2D eigenvalue weighted by atomic mass is 16.1. The summed E-state index contributed by atoms with van der Waals surface area (Å²) in [5, 5.41) is 0. The average Bonchev–Trinajstić information content (AvgIpc) is 2.29. The molecule has 2 fully saturated rings. The fraction of sp³-hybridized carbons (Fsp3) is 0.615. The number of hydrogen-bond donors (Lipinski definition) is 0. The molecule has 3 heteroatoms. The zero-order chi connectivity index (χ0) is 11.1. The smallest absolute Gasteiger partial charge is 0.269 e. The highest BCUT2D eigenvalue weighted by Crippen LogP contribution is 2.40. The van der Waals surface area contributed by atoms with Crippen LogP contribution in [0.25, 0.3) is 0 Å². The lowest BCUT2D eigenvalue weighted by molar-refractivity contribution is -0.127. The Hall–Kier alpha value is -1.25. The lowest BCUT2D eigenvalue weighted by Crippen LogP contribution is -2.43. The molecule has 84 valence electrons. The first kappa shape index (κ1) is 9.94. The van der Waals surface area contributed by atoms with E-state index in [2.05, 4.69) is 4.99 Å². The molecule has 3 atom stereocenters. The molecule has 2 aliphatic carbocycles.